The van der Waals surface area contributed by atoms with E-state index < -0.39 is 0 Å². The first-order valence-corrected chi connectivity index (χ1v) is 12.9. The molecule has 5 heterocycles. The molecule has 0 aromatic carbocycles. The number of hydrogen-bond acceptors (Lipinski definition) is 5. The maximum atomic E-state index is 5.87. The molecule has 5 rings (SSSR count). The molecular formula is C27H34N6OS. The molecule has 0 aliphatic carbocycles. The minimum atomic E-state index is -0.00663. The highest BCUT2D eigenvalue weighted by Gasteiger charge is 2.41. The SMILES string of the molecule is Cc1cc([C@@H]2[C@H](c3ccccn3)NC(=S)N2Cc2ccncc2)c(C)n1CCCN1CCOCC1. The van der Waals surface area contributed by atoms with E-state index >= 15 is 0 Å². The van der Waals surface area contributed by atoms with E-state index in [1.807, 2.05) is 30.7 Å². The van der Waals surface area contributed by atoms with E-state index in [0.29, 0.717) is 0 Å². The smallest absolute Gasteiger partial charge is 0.170 e. The molecule has 0 spiro atoms. The van der Waals surface area contributed by atoms with Crippen LogP contribution in [-0.2, 0) is 17.8 Å². The molecule has 2 aliphatic rings. The van der Waals surface area contributed by atoms with Gasteiger partial charge in [0.05, 0.1) is 31.0 Å². The van der Waals surface area contributed by atoms with Gasteiger partial charge in [0.2, 0.25) is 0 Å². The predicted octanol–water partition coefficient (Wildman–Crippen LogP) is 3.79. The Hall–Kier alpha value is -2.81. The summed E-state index contributed by atoms with van der Waals surface area (Å²) in [6, 6.07) is 12.6. The standard InChI is InChI=1S/C27H34N6OS/c1-20-18-23(21(2)32(20)13-5-12-31-14-16-34-17-15-31)26-25(24-6-3-4-9-29-24)30-27(35)33(26)19-22-7-10-28-11-8-22/h3-4,6-11,18,25-26H,5,12-17,19H2,1-2H3,(H,30,35)/t25-,26+/m0/s1. The van der Waals surface area contributed by atoms with Crippen LogP contribution < -0.4 is 5.32 Å². The number of hydrogen-bond donors (Lipinski definition) is 1. The second-order valence-corrected chi connectivity index (χ2v) is 9.78. The molecule has 0 unspecified atom stereocenters. The van der Waals surface area contributed by atoms with Gasteiger partial charge in [-0.2, -0.15) is 0 Å². The van der Waals surface area contributed by atoms with Gasteiger partial charge in [-0.05, 0) is 73.9 Å². The number of rotatable bonds is 8. The fourth-order valence-electron chi connectivity index (χ4n) is 5.35. The fourth-order valence-corrected chi connectivity index (χ4v) is 5.65. The summed E-state index contributed by atoms with van der Waals surface area (Å²) in [4.78, 5) is 13.7. The number of nitrogens with zero attached hydrogens (tertiary/aromatic N) is 5. The number of pyridine rings is 2. The van der Waals surface area contributed by atoms with Gasteiger partial charge in [0.15, 0.2) is 5.11 Å². The lowest BCUT2D eigenvalue weighted by Gasteiger charge is -2.28. The Morgan fingerprint density at radius 3 is 2.60 bits per heavy atom. The topological polar surface area (TPSA) is 58.5 Å². The van der Waals surface area contributed by atoms with E-state index in [4.69, 9.17) is 21.9 Å². The van der Waals surface area contributed by atoms with Crippen LogP contribution in [0.1, 0.15) is 46.7 Å². The molecule has 0 bridgehead atoms. The molecule has 2 aliphatic heterocycles. The molecule has 7 nitrogen and oxygen atoms in total. The zero-order valence-electron chi connectivity index (χ0n) is 20.6. The van der Waals surface area contributed by atoms with Gasteiger partial charge in [-0.3, -0.25) is 14.9 Å². The summed E-state index contributed by atoms with van der Waals surface area (Å²) < 4.78 is 7.96. The molecule has 1 N–H and O–H groups in total. The Morgan fingerprint density at radius 1 is 1.06 bits per heavy atom. The number of aromatic nitrogens is 3. The van der Waals surface area contributed by atoms with Gasteiger partial charge < -0.3 is 19.5 Å². The van der Waals surface area contributed by atoms with E-state index in [0.717, 1.165) is 63.2 Å². The Kier molecular flexibility index (Phi) is 7.41. The van der Waals surface area contributed by atoms with Gasteiger partial charge in [0.1, 0.15) is 0 Å². The van der Waals surface area contributed by atoms with Crippen molar-refractivity contribution in [1.82, 2.24) is 29.7 Å². The van der Waals surface area contributed by atoms with Crippen molar-refractivity contribution >= 4 is 17.3 Å². The average Bonchev–Trinajstić information content (AvgIpc) is 3.36. The summed E-state index contributed by atoms with van der Waals surface area (Å²) in [6.45, 7) is 11.1. The molecule has 35 heavy (non-hydrogen) atoms. The van der Waals surface area contributed by atoms with E-state index in [1.165, 1.54) is 22.5 Å². The molecule has 3 aromatic rings. The van der Waals surface area contributed by atoms with Crippen molar-refractivity contribution in [2.75, 3.05) is 32.8 Å². The second-order valence-electron chi connectivity index (χ2n) is 9.40. The van der Waals surface area contributed by atoms with Crippen molar-refractivity contribution in [3.05, 3.63) is 83.2 Å². The molecule has 184 valence electrons. The van der Waals surface area contributed by atoms with Crippen LogP contribution in [0.5, 0.6) is 0 Å². The van der Waals surface area contributed by atoms with Gasteiger partial charge >= 0.3 is 0 Å². The molecule has 2 saturated heterocycles. The number of morpholine rings is 1. The first-order valence-electron chi connectivity index (χ1n) is 12.5. The van der Waals surface area contributed by atoms with Crippen LogP contribution in [0.2, 0.25) is 0 Å². The number of ether oxygens (including phenoxy) is 1. The van der Waals surface area contributed by atoms with Crippen LogP contribution in [0.3, 0.4) is 0 Å². The molecular weight excluding hydrogens is 456 g/mol. The van der Waals surface area contributed by atoms with Crippen LogP contribution in [-0.4, -0.2) is 62.3 Å². The Morgan fingerprint density at radius 2 is 1.86 bits per heavy atom. The van der Waals surface area contributed by atoms with Crippen molar-refractivity contribution in [1.29, 1.82) is 0 Å². The van der Waals surface area contributed by atoms with Crippen molar-refractivity contribution in [2.45, 2.75) is 45.4 Å². The van der Waals surface area contributed by atoms with Crippen molar-refractivity contribution in [3.63, 3.8) is 0 Å². The molecule has 0 amide bonds. The summed E-state index contributed by atoms with van der Waals surface area (Å²) in [7, 11) is 0. The number of thiocarbonyl (C=S) groups is 1. The molecule has 0 radical (unpaired) electrons. The zero-order valence-corrected chi connectivity index (χ0v) is 21.4. The highest BCUT2D eigenvalue weighted by molar-refractivity contribution is 7.80. The van der Waals surface area contributed by atoms with Gasteiger partial charge in [0.25, 0.3) is 0 Å². The summed E-state index contributed by atoms with van der Waals surface area (Å²) in [6.07, 6.45) is 6.67. The van der Waals surface area contributed by atoms with Crippen LogP contribution in [0.15, 0.2) is 55.0 Å². The predicted molar refractivity (Wildman–Crippen MR) is 141 cm³/mol. The Balaban J connectivity index is 1.42. The minimum absolute atomic E-state index is 0.00663. The lowest BCUT2D eigenvalue weighted by molar-refractivity contribution is 0.0369. The molecule has 3 aromatic heterocycles. The summed E-state index contributed by atoms with van der Waals surface area (Å²) in [5.41, 5.74) is 6.11. The van der Waals surface area contributed by atoms with E-state index in [-0.39, 0.29) is 12.1 Å². The van der Waals surface area contributed by atoms with Crippen LogP contribution in [0, 0.1) is 13.8 Å². The van der Waals surface area contributed by atoms with Gasteiger partial charge in [-0.25, -0.2) is 0 Å². The van der Waals surface area contributed by atoms with Gasteiger partial charge in [-0.1, -0.05) is 6.07 Å². The normalized spacial score (nSPS) is 20.9. The zero-order chi connectivity index (χ0) is 24.2. The van der Waals surface area contributed by atoms with E-state index in [1.54, 1.807) is 0 Å². The summed E-state index contributed by atoms with van der Waals surface area (Å²) in [5, 5.41) is 4.35. The third kappa shape index (κ3) is 5.24. The number of aryl methyl sites for hydroxylation is 1. The second kappa shape index (κ2) is 10.8. The Labute approximate surface area is 213 Å². The maximum Gasteiger partial charge on any atom is 0.170 e. The Bertz CT molecular complexity index is 1130. The van der Waals surface area contributed by atoms with Gasteiger partial charge in [0, 0.05) is 62.7 Å². The highest BCUT2D eigenvalue weighted by Crippen LogP contribution is 2.41. The summed E-state index contributed by atoms with van der Waals surface area (Å²) >= 11 is 5.87. The molecule has 8 heteroatoms. The maximum absolute atomic E-state index is 5.87. The van der Waals surface area contributed by atoms with Crippen LogP contribution in [0.25, 0.3) is 0 Å². The first-order chi connectivity index (χ1) is 17.1. The largest absolute Gasteiger partial charge is 0.379 e. The van der Waals surface area contributed by atoms with Crippen LogP contribution >= 0.6 is 12.2 Å². The van der Waals surface area contributed by atoms with Crippen molar-refractivity contribution < 1.29 is 4.74 Å². The van der Waals surface area contributed by atoms with Crippen molar-refractivity contribution in [2.24, 2.45) is 0 Å². The number of nitrogens with one attached hydrogen (secondary N) is 1. The average molecular weight is 491 g/mol. The monoisotopic (exact) mass is 490 g/mol. The quantitative estimate of drug-likeness (QED) is 0.482. The van der Waals surface area contributed by atoms with E-state index in [9.17, 15) is 0 Å². The minimum Gasteiger partial charge on any atom is -0.379 e. The molecule has 2 atom stereocenters. The van der Waals surface area contributed by atoms with Crippen LogP contribution in [0.4, 0.5) is 0 Å². The fraction of sp³-hybridized carbons (Fsp3) is 0.444. The lowest BCUT2D eigenvalue weighted by Crippen LogP contribution is -2.37. The van der Waals surface area contributed by atoms with E-state index in [2.05, 4.69) is 62.8 Å². The molecule has 0 saturated carbocycles. The third-order valence-corrected chi connectivity index (χ3v) is 7.54. The first kappa shape index (κ1) is 23.9. The summed E-state index contributed by atoms with van der Waals surface area (Å²) in [5.74, 6) is 0. The van der Waals surface area contributed by atoms with Gasteiger partial charge in [-0.15, -0.1) is 0 Å². The van der Waals surface area contributed by atoms with Crippen molar-refractivity contribution in [3.8, 4) is 0 Å². The third-order valence-electron chi connectivity index (χ3n) is 7.19. The lowest BCUT2D eigenvalue weighted by atomic mass is 9.96. The molecule has 2 fully saturated rings. The highest BCUT2D eigenvalue weighted by atomic mass is 32.1.